The van der Waals surface area contributed by atoms with Gasteiger partial charge in [0, 0.05) is 12.1 Å². The van der Waals surface area contributed by atoms with E-state index in [1.54, 1.807) is 0 Å². The second kappa shape index (κ2) is 5.31. The van der Waals surface area contributed by atoms with Crippen molar-refractivity contribution in [2.45, 2.75) is 76.5 Å². The summed E-state index contributed by atoms with van der Waals surface area (Å²) in [4.78, 5) is 0. The molecule has 15 heavy (non-hydrogen) atoms. The molecule has 2 nitrogen and oxygen atoms in total. The summed E-state index contributed by atoms with van der Waals surface area (Å²) in [5, 5.41) is 13.6. The normalized spacial score (nSPS) is 35.6. The van der Waals surface area contributed by atoms with Gasteiger partial charge in [0.2, 0.25) is 0 Å². The van der Waals surface area contributed by atoms with Gasteiger partial charge in [-0.3, -0.25) is 0 Å². The Morgan fingerprint density at radius 1 is 1.00 bits per heavy atom. The standard InChI is InChI=1S/C13H25NO/c1-10(11-6-2-3-7-11)14-12-8-4-5-9-13(12)15/h10-15H,2-9H2,1H3/t10?,12-,13-/m1/s1. The van der Waals surface area contributed by atoms with Gasteiger partial charge in [-0.05, 0) is 38.5 Å². The van der Waals surface area contributed by atoms with Crippen molar-refractivity contribution in [3.05, 3.63) is 0 Å². The summed E-state index contributed by atoms with van der Waals surface area (Å²) in [5.41, 5.74) is 0. The predicted octanol–water partition coefficient (Wildman–Crippen LogP) is 2.46. The minimum Gasteiger partial charge on any atom is -0.392 e. The molecule has 2 saturated carbocycles. The maximum absolute atomic E-state index is 9.90. The van der Waals surface area contributed by atoms with Gasteiger partial charge >= 0.3 is 0 Å². The van der Waals surface area contributed by atoms with Gasteiger partial charge in [-0.2, -0.15) is 0 Å². The van der Waals surface area contributed by atoms with Crippen LogP contribution in [0.3, 0.4) is 0 Å². The summed E-state index contributed by atoms with van der Waals surface area (Å²) < 4.78 is 0. The van der Waals surface area contributed by atoms with E-state index < -0.39 is 0 Å². The fraction of sp³-hybridized carbons (Fsp3) is 1.00. The van der Waals surface area contributed by atoms with Crippen LogP contribution >= 0.6 is 0 Å². The van der Waals surface area contributed by atoms with Crippen molar-refractivity contribution < 1.29 is 5.11 Å². The van der Waals surface area contributed by atoms with Crippen molar-refractivity contribution in [1.29, 1.82) is 0 Å². The Bertz CT molecular complexity index is 189. The maximum atomic E-state index is 9.90. The molecule has 0 bridgehead atoms. The molecule has 2 aliphatic rings. The second-order valence-electron chi connectivity index (χ2n) is 5.46. The molecule has 2 rings (SSSR count). The van der Waals surface area contributed by atoms with E-state index in [9.17, 15) is 5.11 Å². The zero-order valence-corrected chi connectivity index (χ0v) is 9.91. The molecule has 0 amide bonds. The highest BCUT2D eigenvalue weighted by Crippen LogP contribution is 2.28. The molecule has 0 spiro atoms. The molecule has 0 radical (unpaired) electrons. The molecule has 1 unspecified atom stereocenters. The molecule has 0 saturated heterocycles. The lowest BCUT2D eigenvalue weighted by molar-refractivity contribution is 0.0814. The average Bonchev–Trinajstić information content (AvgIpc) is 2.74. The summed E-state index contributed by atoms with van der Waals surface area (Å²) >= 11 is 0. The third-order valence-electron chi connectivity index (χ3n) is 4.31. The molecule has 0 aromatic carbocycles. The van der Waals surface area contributed by atoms with Crippen molar-refractivity contribution >= 4 is 0 Å². The van der Waals surface area contributed by atoms with Gasteiger partial charge in [0.1, 0.15) is 0 Å². The first kappa shape index (κ1) is 11.4. The van der Waals surface area contributed by atoms with Crippen molar-refractivity contribution in [3.63, 3.8) is 0 Å². The van der Waals surface area contributed by atoms with Gasteiger partial charge in [0.15, 0.2) is 0 Å². The van der Waals surface area contributed by atoms with E-state index in [0.29, 0.717) is 12.1 Å². The van der Waals surface area contributed by atoms with Gasteiger partial charge in [0.05, 0.1) is 6.10 Å². The highest BCUT2D eigenvalue weighted by atomic mass is 16.3. The molecule has 88 valence electrons. The van der Waals surface area contributed by atoms with E-state index in [1.807, 2.05) is 0 Å². The monoisotopic (exact) mass is 211 g/mol. The summed E-state index contributed by atoms with van der Waals surface area (Å²) in [6.07, 6.45) is 10.1. The highest BCUT2D eigenvalue weighted by Gasteiger charge is 2.28. The van der Waals surface area contributed by atoms with E-state index in [1.165, 1.54) is 38.5 Å². The predicted molar refractivity (Wildman–Crippen MR) is 62.8 cm³/mol. The number of hydrogen-bond donors (Lipinski definition) is 2. The first-order valence-electron chi connectivity index (χ1n) is 6.71. The van der Waals surface area contributed by atoms with E-state index >= 15 is 0 Å². The van der Waals surface area contributed by atoms with Crippen LogP contribution in [-0.4, -0.2) is 23.3 Å². The zero-order valence-electron chi connectivity index (χ0n) is 9.91. The Morgan fingerprint density at radius 2 is 1.60 bits per heavy atom. The van der Waals surface area contributed by atoms with Crippen LogP contribution in [0.25, 0.3) is 0 Å². The maximum Gasteiger partial charge on any atom is 0.0693 e. The second-order valence-corrected chi connectivity index (χ2v) is 5.46. The lowest BCUT2D eigenvalue weighted by atomic mass is 9.90. The number of aliphatic hydroxyl groups is 1. The van der Waals surface area contributed by atoms with Crippen LogP contribution in [0.4, 0.5) is 0 Å². The lowest BCUT2D eigenvalue weighted by Crippen LogP contribution is -2.48. The van der Waals surface area contributed by atoms with E-state index in [2.05, 4.69) is 12.2 Å². The van der Waals surface area contributed by atoms with Crippen LogP contribution in [0, 0.1) is 5.92 Å². The minimum atomic E-state index is -0.0948. The van der Waals surface area contributed by atoms with Gasteiger partial charge in [-0.25, -0.2) is 0 Å². The fourth-order valence-corrected chi connectivity index (χ4v) is 3.24. The zero-order chi connectivity index (χ0) is 10.7. The highest BCUT2D eigenvalue weighted by molar-refractivity contribution is 4.86. The van der Waals surface area contributed by atoms with Crippen LogP contribution < -0.4 is 5.32 Å². The SMILES string of the molecule is CC(N[C@@H]1CCCC[C@H]1O)C1CCCC1. The van der Waals surface area contributed by atoms with E-state index in [0.717, 1.165) is 18.8 Å². The third kappa shape index (κ3) is 2.94. The Labute approximate surface area is 93.5 Å². The van der Waals surface area contributed by atoms with Crippen molar-refractivity contribution in [1.82, 2.24) is 5.32 Å². The van der Waals surface area contributed by atoms with E-state index in [-0.39, 0.29) is 6.10 Å². The van der Waals surface area contributed by atoms with Crippen LogP contribution in [0.2, 0.25) is 0 Å². The number of aliphatic hydroxyl groups excluding tert-OH is 1. The molecule has 2 N–H and O–H groups in total. The smallest absolute Gasteiger partial charge is 0.0693 e. The number of nitrogens with one attached hydrogen (secondary N) is 1. The van der Waals surface area contributed by atoms with Gasteiger partial charge in [0.25, 0.3) is 0 Å². The molecule has 2 heteroatoms. The van der Waals surface area contributed by atoms with Crippen LogP contribution in [-0.2, 0) is 0 Å². The fourth-order valence-electron chi connectivity index (χ4n) is 3.24. The quantitative estimate of drug-likeness (QED) is 0.751. The van der Waals surface area contributed by atoms with Crippen LogP contribution in [0.1, 0.15) is 58.3 Å². The van der Waals surface area contributed by atoms with Crippen LogP contribution in [0.5, 0.6) is 0 Å². The minimum absolute atomic E-state index is 0.0948. The first-order valence-corrected chi connectivity index (χ1v) is 6.71. The van der Waals surface area contributed by atoms with Gasteiger partial charge in [-0.15, -0.1) is 0 Å². The summed E-state index contributed by atoms with van der Waals surface area (Å²) in [6.45, 7) is 2.30. The molecule has 3 atom stereocenters. The van der Waals surface area contributed by atoms with Gasteiger partial charge < -0.3 is 10.4 Å². The van der Waals surface area contributed by atoms with E-state index in [4.69, 9.17) is 0 Å². The molecule has 0 heterocycles. The third-order valence-corrected chi connectivity index (χ3v) is 4.31. The number of rotatable bonds is 3. The van der Waals surface area contributed by atoms with Crippen molar-refractivity contribution in [2.75, 3.05) is 0 Å². The largest absolute Gasteiger partial charge is 0.392 e. The topological polar surface area (TPSA) is 32.3 Å². The van der Waals surface area contributed by atoms with Crippen molar-refractivity contribution in [2.24, 2.45) is 5.92 Å². The Morgan fingerprint density at radius 3 is 2.27 bits per heavy atom. The summed E-state index contributed by atoms with van der Waals surface area (Å²) in [7, 11) is 0. The summed E-state index contributed by atoms with van der Waals surface area (Å²) in [5.74, 6) is 0.860. The molecule has 0 aromatic heterocycles. The molecular weight excluding hydrogens is 186 g/mol. The lowest BCUT2D eigenvalue weighted by Gasteiger charge is -2.33. The molecule has 2 aliphatic carbocycles. The molecular formula is C13H25NO. The molecule has 0 aliphatic heterocycles. The Balaban J connectivity index is 1.78. The summed E-state index contributed by atoms with van der Waals surface area (Å²) in [6, 6.07) is 0.972. The Kier molecular flexibility index (Phi) is 4.04. The van der Waals surface area contributed by atoms with Gasteiger partial charge in [-0.1, -0.05) is 25.7 Å². The molecule has 2 fully saturated rings. The Hall–Kier alpha value is -0.0800. The first-order chi connectivity index (χ1) is 7.27. The molecule has 0 aromatic rings. The average molecular weight is 211 g/mol. The number of hydrogen-bond acceptors (Lipinski definition) is 2. The van der Waals surface area contributed by atoms with Crippen molar-refractivity contribution in [3.8, 4) is 0 Å². The van der Waals surface area contributed by atoms with Crippen LogP contribution in [0.15, 0.2) is 0 Å².